The molecule has 3 aromatic carbocycles. The van der Waals surface area contributed by atoms with Gasteiger partial charge in [0.15, 0.2) is 0 Å². The molecule has 1 atom stereocenters. The Kier molecular flexibility index (Phi) is 10.1. The summed E-state index contributed by atoms with van der Waals surface area (Å²) in [5.41, 5.74) is 9.60. The van der Waals surface area contributed by atoms with Crippen LogP contribution in [-0.4, -0.2) is 15.3 Å². The zero-order valence-electron chi connectivity index (χ0n) is 28.1. The lowest BCUT2D eigenvalue weighted by atomic mass is 9.74. The van der Waals surface area contributed by atoms with E-state index in [-0.39, 0.29) is 11.8 Å². The van der Waals surface area contributed by atoms with Crippen LogP contribution in [0.5, 0.6) is 17.2 Å². The molecule has 0 spiro atoms. The zero-order valence-corrected chi connectivity index (χ0v) is 28.1. The third-order valence-electron chi connectivity index (χ3n) is 11.9. The summed E-state index contributed by atoms with van der Waals surface area (Å²) < 4.78 is 0. The lowest BCUT2D eigenvalue weighted by Crippen LogP contribution is -2.13. The smallest absolute Gasteiger partial charge is 0.119 e. The molecular weight excluding hydrogens is 552 g/mol. The molecule has 3 aliphatic rings. The van der Waals surface area contributed by atoms with Crippen molar-refractivity contribution in [2.24, 2.45) is 0 Å². The minimum atomic E-state index is 0.137. The van der Waals surface area contributed by atoms with E-state index in [9.17, 15) is 15.3 Å². The molecule has 0 aromatic heterocycles. The van der Waals surface area contributed by atoms with E-state index in [1.165, 1.54) is 87.3 Å². The Hall–Kier alpha value is -2.94. The second-order valence-electron chi connectivity index (χ2n) is 15.0. The molecule has 0 aliphatic heterocycles. The first-order valence-electron chi connectivity index (χ1n) is 18.3. The highest BCUT2D eigenvalue weighted by Gasteiger charge is 2.29. The largest absolute Gasteiger partial charge is 0.508 e. The van der Waals surface area contributed by atoms with Gasteiger partial charge in [-0.2, -0.15) is 0 Å². The summed E-state index contributed by atoms with van der Waals surface area (Å²) in [6.07, 6.45) is 19.2. The van der Waals surface area contributed by atoms with Crippen LogP contribution in [0.25, 0.3) is 0 Å². The first-order valence-corrected chi connectivity index (χ1v) is 18.3. The van der Waals surface area contributed by atoms with Gasteiger partial charge in [0, 0.05) is 5.92 Å². The Bertz CT molecular complexity index is 1380. The molecule has 3 aromatic rings. The van der Waals surface area contributed by atoms with Crippen molar-refractivity contribution in [2.75, 3.05) is 0 Å². The molecule has 3 heteroatoms. The van der Waals surface area contributed by atoms with E-state index in [4.69, 9.17) is 0 Å². The maximum absolute atomic E-state index is 11.2. The first kappa shape index (κ1) is 32.0. The number of rotatable bonds is 8. The number of hydrogen-bond acceptors (Lipinski definition) is 3. The van der Waals surface area contributed by atoms with Crippen molar-refractivity contribution in [3.05, 3.63) is 87.0 Å². The van der Waals surface area contributed by atoms with Crippen molar-refractivity contribution in [1.29, 1.82) is 0 Å². The number of phenols is 3. The standard InChI is InChI=1S/C42H56O3/c1-27(33-19-20-40(43)36(24-33)30-13-7-4-8-14-30)21-39(34-25-37(41(44)22-28(34)2)31-15-9-5-10-16-31)35-26-38(42(45)23-29(35)3)32-17-11-6-12-18-32/h19-20,22-27,30-32,39,43-45H,4-18,21H2,1-3H3. The SMILES string of the molecule is Cc1cc(O)c(C2CCCCC2)cc1C(CC(C)c1ccc(O)c(C2CCCCC2)c1)c1cc(C2CCCCC2)c(O)cc1C. The fraction of sp³-hybridized carbons (Fsp3) is 0.571. The van der Waals surface area contributed by atoms with Crippen molar-refractivity contribution in [2.45, 2.75) is 153 Å². The van der Waals surface area contributed by atoms with E-state index >= 15 is 0 Å². The molecule has 3 N–H and O–H groups in total. The molecule has 6 rings (SSSR count). The molecule has 0 radical (unpaired) electrons. The number of benzene rings is 3. The molecule has 0 heterocycles. The predicted octanol–water partition coefficient (Wildman–Crippen LogP) is 11.9. The second kappa shape index (κ2) is 14.2. The zero-order chi connectivity index (χ0) is 31.5. The van der Waals surface area contributed by atoms with Crippen LogP contribution >= 0.6 is 0 Å². The minimum absolute atomic E-state index is 0.137. The fourth-order valence-corrected chi connectivity index (χ4v) is 9.22. The Morgan fingerprint density at radius 2 is 0.933 bits per heavy atom. The van der Waals surface area contributed by atoms with Crippen LogP contribution in [0.15, 0.2) is 42.5 Å². The van der Waals surface area contributed by atoms with Gasteiger partial charge >= 0.3 is 0 Å². The number of hydrogen-bond donors (Lipinski definition) is 3. The topological polar surface area (TPSA) is 60.7 Å². The molecule has 1 unspecified atom stereocenters. The number of aromatic hydroxyl groups is 3. The molecule has 0 saturated heterocycles. The van der Waals surface area contributed by atoms with Crippen LogP contribution < -0.4 is 0 Å². The molecule has 242 valence electrons. The normalized spacial score (nSPS) is 19.6. The molecule has 3 saturated carbocycles. The Morgan fingerprint density at radius 1 is 0.533 bits per heavy atom. The van der Waals surface area contributed by atoms with Gasteiger partial charge in [-0.3, -0.25) is 0 Å². The van der Waals surface area contributed by atoms with Gasteiger partial charge in [-0.25, -0.2) is 0 Å². The summed E-state index contributed by atoms with van der Waals surface area (Å²) in [6, 6.07) is 15.1. The maximum Gasteiger partial charge on any atom is 0.119 e. The van der Waals surface area contributed by atoms with Gasteiger partial charge in [-0.15, -0.1) is 0 Å². The van der Waals surface area contributed by atoms with Gasteiger partial charge in [-0.1, -0.05) is 89.0 Å². The third-order valence-corrected chi connectivity index (χ3v) is 11.9. The molecule has 0 amide bonds. The van der Waals surface area contributed by atoms with Gasteiger partial charge < -0.3 is 15.3 Å². The van der Waals surface area contributed by atoms with Crippen LogP contribution in [0.3, 0.4) is 0 Å². The summed E-state index contributed by atoms with van der Waals surface area (Å²) in [6.45, 7) is 6.67. The summed E-state index contributed by atoms with van der Waals surface area (Å²) in [5.74, 6) is 3.07. The van der Waals surface area contributed by atoms with Gasteiger partial charge in [0.05, 0.1) is 0 Å². The van der Waals surface area contributed by atoms with Gasteiger partial charge in [0.1, 0.15) is 17.2 Å². The minimum Gasteiger partial charge on any atom is -0.508 e. The highest BCUT2D eigenvalue weighted by atomic mass is 16.3. The summed E-state index contributed by atoms with van der Waals surface area (Å²) in [4.78, 5) is 0. The van der Waals surface area contributed by atoms with Crippen LogP contribution in [0.2, 0.25) is 0 Å². The second-order valence-corrected chi connectivity index (χ2v) is 15.0. The third kappa shape index (κ3) is 7.08. The number of phenolic OH excluding ortho intramolecular Hbond substituents is 3. The van der Waals surface area contributed by atoms with Gasteiger partial charge in [0.25, 0.3) is 0 Å². The van der Waals surface area contributed by atoms with Crippen molar-refractivity contribution >= 4 is 0 Å². The Morgan fingerprint density at radius 3 is 1.36 bits per heavy atom. The highest BCUT2D eigenvalue weighted by Crippen LogP contribution is 2.47. The van der Waals surface area contributed by atoms with Gasteiger partial charge in [0.2, 0.25) is 0 Å². The fourth-order valence-electron chi connectivity index (χ4n) is 9.22. The molecule has 45 heavy (non-hydrogen) atoms. The first-order chi connectivity index (χ1) is 21.8. The monoisotopic (exact) mass is 608 g/mol. The van der Waals surface area contributed by atoms with E-state index in [2.05, 4.69) is 45.0 Å². The van der Waals surface area contributed by atoms with Crippen LogP contribution in [0.1, 0.15) is 184 Å². The van der Waals surface area contributed by atoms with Crippen molar-refractivity contribution < 1.29 is 15.3 Å². The van der Waals surface area contributed by atoms with E-state index in [0.29, 0.717) is 35.0 Å². The average molecular weight is 609 g/mol. The maximum atomic E-state index is 11.2. The van der Waals surface area contributed by atoms with Crippen molar-refractivity contribution in [1.82, 2.24) is 0 Å². The Balaban J connectivity index is 1.42. The van der Waals surface area contributed by atoms with Gasteiger partial charge in [-0.05, 0) is 145 Å². The van der Waals surface area contributed by atoms with E-state index < -0.39 is 0 Å². The van der Waals surface area contributed by atoms with E-state index in [1.807, 2.05) is 18.2 Å². The summed E-state index contributed by atoms with van der Waals surface area (Å²) >= 11 is 0. The summed E-state index contributed by atoms with van der Waals surface area (Å²) in [7, 11) is 0. The van der Waals surface area contributed by atoms with Crippen LogP contribution in [0.4, 0.5) is 0 Å². The lowest BCUT2D eigenvalue weighted by molar-refractivity contribution is 0.412. The van der Waals surface area contributed by atoms with E-state index in [1.54, 1.807) is 0 Å². The molecule has 3 fully saturated rings. The molecular formula is C42H56O3. The molecule has 0 bridgehead atoms. The number of aryl methyl sites for hydroxylation is 2. The van der Waals surface area contributed by atoms with Crippen LogP contribution in [0, 0.1) is 13.8 Å². The van der Waals surface area contributed by atoms with Crippen molar-refractivity contribution in [3.63, 3.8) is 0 Å². The predicted molar refractivity (Wildman–Crippen MR) is 186 cm³/mol. The Labute approximate surface area is 272 Å². The van der Waals surface area contributed by atoms with Crippen molar-refractivity contribution in [3.8, 4) is 17.2 Å². The highest BCUT2D eigenvalue weighted by molar-refractivity contribution is 5.52. The summed E-state index contributed by atoms with van der Waals surface area (Å²) in [5, 5.41) is 33.3. The average Bonchev–Trinajstić information content (AvgIpc) is 3.05. The quantitative estimate of drug-likeness (QED) is 0.238. The van der Waals surface area contributed by atoms with Crippen LogP contribution in [-0.2, 0) is 0 Å². The van der Waals surface area contributed by atoms with E-state index in [0.717, 1.165) is 59.9 Å². The lowest BCUT2D eigenvalue weighted by Gasteiger charge is -2.30. The molecule has 3 aliphatic carbocycles. The molecule has 3 nitrogen and oxygen atoms in total.